The van der Waals surface area contributed by atoms with Gasteiger partial charge in [-0.15, -0.1) is 9.36 Å². The number of fused-ring (bicyclic) bond motifs is 1. The summed E-state index contributed by atoms with van der Waals surface area (Å²) < 4.78 is 3.77. The van der Waals surface area contributed by atoms with Crippen LogP contribution in [0.5, 0.6) is 0 Å². The molecule has 0 radical (unpaired) electrons. The summed E-state index contributed by atoms with van der Waals surface area (Å²) in [6.07, 6.45) is 5.93. The highest BCUT2D eigenvalue weighted by molar-refractivity contribution is 5.95. The Balaban J connectivity index is 2.59. The highest BCUT2D eigenvalue weighted by atomic mass is 16.1. The van der Waals surface area contributed by atoms with Crippen LogP contribution in [0.4, 0.5) is 0 Å². The lowest BCUT2D eigenvalue weighted by Crippen LogP contribution is -2.55. The van der Waals surface area contributed by atoms with Crippen LogP contribution in [0.2, 0.25) is 0 Å². The van der Waals surface area contributed by atoms with E-state index in [2.05, 4.69) is 25.8 Å². The van der Waals surface area contributed by atoms with E-state index in [1.165, 1.54) is 0 Å². The van der Waals surface area contributed by atoms with Crippen molar-refractivity contribution < 1.29 is 9.48 Å². The van der Waals surface area contributed by atoms with E-state index in [0.29, 0.717) is 12.2 Å². The lowest BCUT2D eigenvalue weighted by Gasteiger charge is -2.16. The van der Waals surface area contributed by atoms with Crippen molar-refractivity contribution in [3.63, 3.8) is 0 Å². The summed E-state index contributed by atoms with van der Waals surface area (Å²) in [6.45, 7) is 6.23. The number of carbonyl (C=O) groups is 1. The van der Waals surface area contributed by atoms with Crippen molar-refractivity contribution in [2.24, 2.45) is 0 Å². The molecule has 1 aromatic heterocycles. The Kier molecular flexibility index (Phi) is 1.80. The first kappa shape index (κ1) is 9.12. The summed E-state index contributed by atoms with van der Waals surface area (Å²) in [5, 5.41) is 0. The van der Waals surface area contributed by atoms with Crippen molar-refractivity contribution >= 4 is 12.0 Å². The largest absolute Gasteiger partial charge is 0.325 e. The van der Waals surface area contributed by atoms with Gasteiger partial charge >= 0.3 is 12.2 Å². The van der Waals surface area contributed by atoms with Gasteiger partial charge in [0.25, 0.3) is 0 Å². The molecule has 0 saturated carbocycles. The van der Waals surface area contributed by atoms with E-state index in [9.17, 15) is 4.79 Å². The van der Waals surface area contributed by atoms with E-state index >= 15 is 0 Å². The van der Waals surface area contributed by atoms with E-state index < -0.39 is 0 Å². The maximum absolute atomic E-state index is 11.5. The molecule has 1 aromatic rings. The fraction of sp³-hybridized carbons (Fsp3) is 0.500. The zero-order valence-electron chi connectivity index (χ0n) is 8.69. The van der Waals surface area contributed by atoms with E-state index in [4.69, 9.17) is 0 Å². The maximum atomic E-state index is 11.5. The second-order valence-electron chi connectivity index (χ2n) is 4.44. The molecule has 1 aliphatic heterocycles. The van der Waals surface area contributed by atoms with Crippen LogP contribution in [-0.4, -0.2) is 15.4 Å². The molecule has 1 aliphatic rings. The first-order valence-electron chi connectivity index (χ1n) is 4.69. The summed E-state index contributed by atoms with van der Waals surface area (Å²) >= 11 is 0. The minimum atomic E-state index is -0.0623. The molecule has 14 heavy (non-hydrogen) atoms. The van der Waals surface area contributed by atoms with Crippen LogP contribution in [0.1, 0.15) is 37.8 Å². The Hall–Kier alpha value is -1.45. The molecule has 0 fully saturated rings. The van der Waals surface area contributed by atoms with E-state index in [-0.39, 0.29) is 11.3 Å². The van der Waals surface area contributed by atoms with Gasteiger partial charge in [-0.05, 0) is 25.8 Å². The number of rotatable bonds is 0. The first-order valence-corrected chi connectivity index (χ1v) is 4.69. The van der Waals surface area contributed by atoms with Crippen LogP contribution in [0.15, 0.2) is 12.4 Å². The fourth-order valence-corrected chi connectivity index (χ4v) is 1.52. The van der Waals surface area contributed by atoms with Crippen LogP contribution in [0.3, 0.4) is 0 Å². The van der Waals surface area contributed by atoms with Crippen molar-refractivity contribution in [3.05, 3.63) is 18.2 Å². The Morgan fingerprint density at radius 2 is 2.21 bits per heavy atom. The fourth-order valence-electron chi connectivity index (χ4n) is 1.52. The van der Waals surface area contributed by atoms with Crippen molar-refractivity contribution in [2.45, 2.75) is 32.7 Å². The van der Waals surface area contributed by atoms with Crippen molar-refractivity contribution in [3.8, 4) is 0 Å². The predicted molar refractivity (Wildman–Crippen MR) is 51.7 cm³/mol. The molecule has 2 heterocycles. The molecular formula is C10H14N3O+. The van der Waals surface area contributed by atoms with E-state index in [0.717, 1.165) is 0 Å². The zero-order valence-corrected chi connectivity index (χ0v) is 8.69. The molecule has 0 aromatic carbocycles. The number of aromatic nitrogens is 3. The number of carbonyl (C=O) groups excluding carboxylic acids is 1. The van der Waals surface area contributed by atoms with Crippen molar-refractivity contribution in [2.75, 3.05) is 0 Å². The Bertz CT molecular complexity index is 409. The van der Waals surface area contributed by atoms with Gasteiger partial charge in [-0.2, -0.15) is 0 Å². The monoisotopic (exact) mass is 192 g/mol. The highest BCUT2D eigenvalue weighted by Crippen LogP contribution is 2.10. The van der Waals surface area contributed by atoms with Crippen LogP contribution in [0.25, 0.3) is 6.20 Å². The lowest BCUT2D eigenvalue weighted by atomic mass is 10.1. The molecule has 74 valence electrons. The number of nitrogens with zero attached hydrogens (tertiary/aromatic N) is 3. The van der Waals surface area contributed by atoms with Crippen molar-refractivity contribution in [1.29, 1.82) is 0 Å². The molecule has 0 amide bonds. The summed E-state index contributed by atoms with van der Waals surface area (Å²) in [7, 11) is 0. The molecule has 0 N–H and O–H groups in total. The van der Waals surface area contributed by atoms with Gasteiger partial charge in [-0.25, -0.2) is 0 Å². The topological polar surface area (TPSA) is 38.8 Å². The van der Waals surface area contributed by atoms with Gasteiger partial charge < -0.3 is 0 Å². The zero-order chi connectivity index (χ0) is 10.3. The molecule has 4 nitrogen and oxygen atoms in total. The standard InChI is InChI=1S/C10H14N3O/c1-10(2,3)13-7-11-9-8(14)5-4-6-12(9)13/h4,6-7H,5H2,1-3H3/q+1. The second-order valence-corrected chi connectivity index (χ2v) is 4.44. The quantitative estimate of drug-likeness (QED) is 0.575. The number of hydrogen-bond acceptors (Lipinski definition) is 2. The number of Topliss-reactive ketones (excluding diaryl/α,β-unsaturated/α-hetero) is 1. The Morgan fingerprint density at radius 3 is 2.86 bits per heavy atom. The molecule has 2 rings (SSSR count). The summed E-state index contributed by atoms with van der Waals surface area (Å²) in [6, 6.07) is 0. The minimum Gasteiger partial charge on any atom is -0.288 e. The molecule has 0 spiro atoms. The molecule has 0 unspecified atom stereocenters. The van der Waals surface area contributed by atoms with Gasteiger partial charge in [0.2, 0.25) is 5.78 Å². The maximum Gasteiger partial charge on any atom is 0.325 e. The summed E-state index contributed by atoms with van der Waals surface area (Å²) in [4.78, 5) is 15.6. The minimum absolute atomic E-state index is 0.0623. The smallest absolute Gasteiger partial charge is 0.288 e. The van der Waals surface area contributed by atoms with Gasteiger partial charge in [0.05, 0.1) is 0 Å². The van der Waals surface area contributed by atoms with Gasteiger partial charge in [0.1, 0.15) is 5.54 Å². The second kappa shape index (κ2) is 2.77. The van der Waals surface area contributed by atoms with Crippen LogP contribution >= 0.6 is 0 Å². The third-order valence-electron chi connectivity index (χ3n) is 2.23. The molecule has 0 aliphatic carbocycles. The van der Waals surface area contributed by atoms with Gasteiger partial charge in [-0.3, -0.25) is 4.79 Å². The number of hydrogen-bond donors (Lipinski definition) is 0. The Morgan fingerprint density at radius 1 is 1.50 bits per heavy atom. The summed E-state index contributed by atoms with van der Waals surface area (Å²) in [5.74, 6) is 0.609. The molecule has 0 atom stereocenters. The third-order valence-corrected chi connectivity index (χ3v) is 2.23. The SMILES string of the molecule is CC(C)(C)[n+]1cnc2n1C=CCC2=O. The van der Waals surface area contributed by atoms with Crippen LogP contribution in [-0.2, 0) is 5.54 Å². The first-order chi connectivity index (χ1) is 6.50. The molecular weight excluding hydrogens is 178 g/mol. The highest BCUT2D eigenvalue weighted by Gasteiger charge is 2.30. The number of allylic oxidation sites excluding steroid dienone is 1. The van der Waals surface area contributed by atoms with E-state index in [1.54, 1.807) is 6.33 Å². The van der Waals surface area contributed by atoms with E-state index in [1.807, 2.05) is 21.6 Å². The lowest BCUT2D eigenvalue weighted by molar-refractivity contribution is -0.816. The Labute approximate surface area is 82.9 Å². The normalized spacial score (nSPS) is 15.8. The molecule has 0 bridgehead atoms. The van der Waals surface area contributed by atoms with Gasteiger partial charge in [0.15, 0.2) is 0 Å². The third kappa shape index (κ3) is 1.27. The average Bonchev–Trinajstić information content (AvgIpc) is 2.47. The predicted octanol–water partition coefficient (Wildman–Crippen LogP) is 0.983. The average molecular weight is 192 g/mol. The molecule has 0 saturated heterocycles. The van der Waals surface area contributed by atoms with Crippen LogP contribution < -0.4 is 4.68 Å². The van der Waals surface area contributed by atoms with Gasteiger partial charge in [-0.1, -0.05) is 6.08 Å². The summed E-state index contributed by atoms with van der Waals surface area (Å²) in [5.41, 5.74) is -0.0623. The van der Waals surface area contributed by atoms with Crippen molar-refractivity contribution in [1.82, 2.24) is 9.67 Å². The van der Waals surface area contributed by atoms with Crippen LogP contribution in [0, 0.1) is 0 Å². The molecule has 4 heteroatoms. The number of ketones is 1. The van der Waals surface area contributed by atoms with Gasteiger partial charge in [0, 0.05) is 12.6 Å².